The van der Waals surface area contributed by atoms with E-state index in [-0.39, 0.29) is 0 Å². The standard InChI is InChI=1S/C25H37N3O/c29-24(11-2-1-4-12-26-13-6-7-14-26)28-16-8-9-20-17-21-18-22(25(20)28)19-27-15-5-3-10-23(21)27/h6-7,13-14,17,21-23,25H,1-5,8-12,15-16,18-19H2/t21-,22+,23+,25+/m0/s1. The summed E-state index contributed by atoms with van der Waals surface area (Å²) in [6.07, 6.45) is 18.8. The quantitative estimate of drug-likeness (QED) is 0.525. The van der Waals surface area contributed by atoms with Gasteiger partial charge in [-0.25, -0.2) is 0 Å². The fourth-order valence-corrected chi connectivity index (χ4v) is 6.66. The monoisotopic (exact) mass is 395 g/mol. The number of nitrogens with zero attached hydrogens (tertiary/aromatic N) is 3. The Morgan fingerprint density at radius 2 is 1.93 bits per heavy atom. The van der Waals surface area contributed by atoms with Crippen LogP contribution in [0.4, 0.5) is 0 Å². The van der Waals surface area contributed by atoms with E-state index >= 15 is 0 Å². The van der Waals surface area contributed by atoms with Crippen molar-refractivity contribution in [3.63, 3.8) is 0 Å². The minimum Gasteiger partial charge on any atom is -0.354 e. The Kier molecular flexibility index (Phi) is 5.81. The van der Waals surface area contributed by atoms with E-state index in [9.17, 15) is 4.79 Å². The van der Waals surface area contributed by atoms with Crippen molar-refractivity contribution in [3.05, 3.63) is 36.2 Å². The Bertz CT molecular complexity index is 724. The molecule has 4 aliphatic rings. The normalized spacial score (nSPS) is 31.7. The third-order valence-electron chi connectivity index (χ3n) is 7.95. The van der Waals surface area contributed by atoms with Crippen molar-refractivity contribution in [2.75, 3.05) is 19.6 Å². The van der Waals surface area contributed by atoms with Crippen LogP contribution in [0.1, 0.15) is 64.2 Å². The molecule has 0 radical (unpaired) electrons. The molecule has 29 heavy (non-hydrogen) atoms. The van der Waals surface area contributed by atoms with Crippen LogP contribution in [-0.4, -0.2) is 52.0 Å². The summed E-state index contributed by atoms with van der Waals surface area (Å²) in [6, 6.07) is 5.36. The second-order valence-corrected chi connectivity index (χ2v) is 9.83. The molecule has 1 aliphatic carbocycles. The minimum atomic E-state index is 0.412. The van der Waals surface area contributed by atoms with Crippen LogP contribution in [-0.2, 0) is 11.3 Å². The summed E-state index contributed by atoms with van der Waals surface area (Å²) in [5.74, 6) is 1.84. The molecule has 3 aliphatic heterocycles. The number of hydrogen-bond donors (Lipinski definition) is 0. The van der Waals surface area contributed by atoms with Crippen LogP contribution in [0.25, 0.3) is 0 Å². The largest absolute Gasteiger partial charge is 0.354 e. The van der Waals surface area contributed by atoms with Crippen molar-refractivity contribution < 1.29 is 4.79 Å². The van der Waals surface area contributed by atoms with Gasteiger partial charge in [-0.1, -0.05) is 24.5 Å². The highest BCUT2D eigenvalue weighted by atomic mass is 16.2. The lowest BCUT2D eigenvalue weighted by Gasteiger charge is -2.54. The van der Waals surface area contributed by atoms with Crippen LogP contribution in [0.3, 0.4) is 0 Å². The number of fused-ring (bicyclic) bond motifs is 6. The first-order chi connectivity index (χ1) is 14.3. The summed E-state index contributed by atoms with van der Waals surface area (Å²) in [4.78, 5) is 18.2. The van der Waals surface area contributed by atoms with Gasteiger partial charge in [-0.3, -0.25) is 9.69 Å². The molecule has 0 unspecified atom stereocenters. The SMILES string of the molecule is O=C(CCCCCn1cccc1)N1CCCC2=C[C@H]3C[C@H](CN4CCCC[C@H]34)[C@@H]21. The van der Waals surface area contributed by atoms with E-state index in [0.29, 0.717) is 17.9 Å². The fraction of sp³-hybridized carbons (Fsp3) is 0.720. The molecule has 0 N–H and O–H groups in total. The third kappa shape index (κ3) is 4.05. The molecule has 0 spiro atoms. The second-order valence-electron chi connectivity index (χ2n) is 9.83. The van der Waals surface area contributed by atoms with Gasteiger partial charge in [-0.2, -0.15) is 0 Å². The lowest BCUT2D eigenvalue weighted by Crippen LogP contribution is -2.60. The Hall–Kier alpha value is -1.55. The molecule has 3 saturated heterocycles. The number of carbonyl (C=O) groups excluding carboxylic acids is 1. The highest BCUT2D eigenvalue weighted by molar-refractivity contribution is 5.77. The first-order valence-electron chi connectivity index (χ1n) is 12.1. The zero-order valence-electron chi connectivity index (χ0n) is 17.8. The van der Waals surface area contributed by atoms with E-state index in [1.807, 2.05) is 0 Å². The van der Waals surface area contributed by atoms with E-state index in [0.717, 1.165) is 57.2 Å². The van der Waals surface area contributed by atoms with Crippen molar-refractivity contribution in [3.8, 4) is 0 Å². The van der Waals surface area contributed by atoms with Crippen LogP contribution < -0.4 is 0 Å². The lowest BCUT2D eigenvalue weighted by atomic mass is 9.68. The molecule has 2 bridgehead atoms. The maximum atomic E-state index is 13.2. The van der Waals surface area contributed by atoms with E-state index in [2.05, 4.69) is 45.0 Å². The van der Waals surface area contributed by atoms with Gasteiger partial charge in [0.2, 0.25) is 5.91 Å². The van der Waals surface area contributed by atoms with Crippen molar-refractivity contribution in [2.24, 2.45) is 11.8 Å². The van der Waals surface area contributed by atoms with Gasteiger partial charge in [0.25, 0.3) is 0 Å². The van der Waals surface area contributed by atoms with Crippen molar-refractivity contribution in [2.45, 2.75) is 82.8 Å². The van der Waals surface area contributed by atoms with Gasteiger partial charge in [-0.15, -0.1) is 0 Å². The predicted molar refractivity (Wildman–Crippen MR) is 117 cm³/mol. The molecule has 4 atom stereocenters. The Morgan fingerprint density at radius 1 is 1.03 bits per heavy atom. The summed E-state index contributed by atoms with van der Waals surface area (Å²) in [7, 11) is 0. The molecule has 0 saturated carbocycles. The number of likely N-dealkylation sites (tertiary alicyclic amines) is 1. The van der Waals surface area contributed by atoms with Gasteiger partial charge in [0.1, 0.15) is 0 Å². The molecule has 3 fully saturated rings. The smallest absolute Gasteiger partial charge is 0.223 e. The van der Waals surface area contributed by atoms with Crippen LogP contribution in [0.2, 0.25) is 0 Å². The first kappa shape index (κ1) is 19.4. The molecule has 0 aromatic carbocycles. The Labute approximate surface area is 175 Å². The number of aryl methyl sites for hydroxylation is 1. The van der Waals surface area contributed by atoms with Crippen LogP contribution in [0, 0.1) is 11.8 Å². The second kappa shape index (κ2) is 8.67. The summed E-state index contributed by atoms with van der Waals surface area (Å²) in [5.41, 5.74) is 1.61. The van der Waals surface area contributed by atoms with E-state index < -0.39 is 0 Å². The van der Waals surface area contributed by atoms with Crippen LogP contribution in [0.15, 0.2) is 36.2 Å². The topological polar surface area (TPSA) is 28.5 Å². The van der Waals surface area contributed by atoms with Crippen LogP contribution in [0.5, 0.6) is 0 Å². The summed E-state index contributed by atoms with van der Waals surface area (Å²) in [5, 5.41) is 0. The van der Waals surface area contributed by atoms with Gasteiger partial charge in [0.05, 0.1) is 6.04 Å². The number of amides is 1. The maximum Gasteiger partial charge on any atom is 0.223 e. The molecule has 1 amide bonds. The van der Waals surface area contributed by atoms with Gasteiger partial charge in [-0.05, 0) is 75.5 Å². The van der Waals surface area contributed by atoms with Gasteiger partial charge >= 0.3 is 0 Å². The third-order valence-corrected chi connectivity index (χ3v) is 7.95. The average molecular weight is 396 g/mol. The Balaban J connectivity index is 1.18. The molecular weight excluding hydrogens is 358 g/mol. The van der Waals surface area contributed by atoms with Gasteiger partial charge in [0.15, 0.2) is 0 Å². The summed E-state index contributed by atoms with van der Waals surface area (Å²) >= 11 is 0. The van der Waals surface area contributed by atoms with Crippen LogP contribution >= 0.6 is 0 Å². The molecule has 4 heterocycles. The number of unbranched alkanes of at least 4 members (excludes halogenated alkanes) is 2. The highest BCUT2D eigenvalue weighted by Gasteiger charge is 2.46. The average Bonchev–Trinajstić information content (AvgIpc) is 3.26. The van der Waals surface area contributed by atoms with E-state index in [4.69, 9.17) is 0 Å². The molecule has 158 valence electrons. The number of aromatic nitrogens is 1. The Morgan fingerprint density at radius 3 is 2.83 bits per heavy atom. The first-order valence-corrected chi connectivity index (χ1v) is 12.1. The molecule has 4 heteroatoms. The van der Waals surface area contributed by atoms with Crippen molar-refractivity contribution in [1.82, 2.24) is 14.4 Å². The summed E-state index contributed by atoms with van der Waals surface area (Å²) < 4.78 is 2.24. The molecule has 4 nitrogen and oxygen atoms in total. The fourth-order valence-electron chi connectivity index (χ4n) is 6.66. The molecule has 1 aromatic rings. The lowest BCUT2D eigenvalue weighted by molar-refractivity contribution is -0.136. The van der Waals surface area contributed by atoms with Crippen molar-refractivity contribution in [1.29, 1.82) is 0 Å². The molecular formula is C25H37N3O. The number of carbonyl (C=O) groups is 1. The van der Waals surface area contributed by atoms with Gasteiger partial charge in [0, 0.05) is 44.5 Å². The van der Waals surface area contributed by atoms with E-state index in [1.165, 1.54) is 45.2 Å². The zero-order valence-corrected chi connectivity index (χ0v) is 17.8. The van der Waals surface area contributed by atoms with Crippen molar-refractivity contribution >= 4 is 5.91 Å². The zero-order chi connectivity index (χ0) is 19.6. The van der Waals surface area contributed by atoms with Gasteiger partial charge < -0.3 is 9.47 Å². The minimum absolute atomic E-state index is 0.412. The molecule has 5 rings (SSSR count). The summed E-state index contributed by atoms with van der Waals surface area (Å²) in [6.45, 7) is 4.56. The maximum absolute atomic E-state index is 13.2. The predicted octanol–water partition coefficient (Wildman–Crippen LogP) is 4.47. The molecule has 1 aromatic heterocycles. The number of piperidine rings is 3. The van der Waals surface area contributed by atoms with E-state index in [1.54, 1.807) is 5.57 Å². The number of rotatable bonds is 6. The highest BCUT2D eigenvalue weighted by Crippen LogP contribution is 2.45. The number of hydrogen-bond acceptors (Lipinski definition) is 2.